The number of hydrogen-bond donors (Lipinski definition) is 1. The molecule has 1 aliphatic rings. The van der Waals surface area contributed by atoms with Crippen LogP contribution in [0.3, 0.4) is 0 Å². The van der Waals surface area contributed by atoms with Crippen LogP contribution in [0.15, 0.2) is 60.8 Å². The molecule has 4 nitrogen and oxygen atoms in total. The second-order valence-electron chi connectivity index (χ2n) is 5.38. The normalized spacial score (nSPS) is 13.5. The number of anilines is 1. The predicted molar refractivity (Wildman–Crippen MR) is 86.0 cm³/mol. The van der Waals surface area contributed by atoms with E-state index < -0.39 is 0 Å². The second kappa shape index (κ2) is 5.15. The summed E-state index contributed by atoms with van der Waals surface area (Å²) in [6.07, 6.45) is 3.20. The second-order valence-corrected chi connectivity index (χ2v) is 5.38. The maximum Gasteiger partial charge on any atom is 0.224 e. The lowest BCUT2D eigenvalue weighted by molar-refractivity contribution is -0.116. The van der Waals surface area contributed by atoms with Gasteiger partial charge in [-0.05, 0) is 30.2 Å². The number of carbonyl (C=O) groups is 1. The first-order valence-corrected chi connectivity index (χ1v) is 7.34. The molecule has 0 fully saturated rings. The molecule has 0 saturated carbocycles. The smallest absolute Gasteiger partial charge is 0.224 e. The highest BCUT2D eigenvalue weighted by Crippen LogP contribution is 2.32. The first-order chi connectivity index (χ1) is 10.8. The largest absolute Gasteiger partial charge is 0.325 e. The van der Waals surface area contributed by atoms with Gasteiger partial charge in [-0.2, -0.15) is 5.10 Å². The fourth-order valence-electron chi connectivity index (χ4n) is 2.79. The number of para-hydroxylation sites is 2. The molecule has 2 aromatic carbocycles. The van der Waals surface area contributed by atoms with Crippen molar-refractivity contribution in [2.24, 2.45) is 0 Å². The molecule has 3 aromatic rings. The van der Waals surface area contributed by atoms with E-state index in [1.165, 1.54) is 0 Å². The Bertz CT molecular complexity index is 837. The molecule has 108 valence electrons. The lowest BCUT2D eigenvalue weighted by atomic mass is 10.0. The molecule has 0 radical (unpaired) electrons. The van der Waals surface area contributed by atoms with E-state index in [0.717, 1.165) is 28.2 Å². The van der Waals surface area contributed by atoms with Crippen molar-refractivity contribution in [3.8, 4) is 16.9 Å². The Kier molecular flexibility index (Phi) is 3.00. The number of carbonyl (C=O) groups excluding carboxylic acids is 1. The van der Waals surface area contributed by atoms with Gasteiger partial charge in [0.25, 0.3) is 0 Å². The van der Waals surface area contributed by atoms with Crippen molar-refractivity contribution in [2.45, 2.75) is 12.8 Å². The average molecular weight is 289 g/mol. The van der Waals surface area contributed by atoms with Crippen molar-refractivity contribution in [3.63, 3.8) is 0 Å². The number of amides is 1. The van der Waals surface area contributed by atoms with Crippen molar-refractivity contribution in [1.29, 1.82) is 0 Å². The van der Waals surface area contributed by atoms with Crippen LogP contribution in [0.5, 0.6) is 0 Å². The summed E-state index contributed by atoms with van der Waals surface area (Å²) in [5.41, 5.74) is 4.86. The standard InChI is InChI=1S/C18H15N3O/c22-17-11-10-13-12-21(14-6-2-1-3-7-14)20-18(13)15-8-4-5-9-16(15)19-17/h1-9,12H,10-11H2,(H,19,22). The third kappa shape index (κ3) is 2.19. The molecule has 22 heavy (non-hydrogen) atoms. The summed E-state index contributed by atoms with van der Waals surface area (Å²) in [7, 11) is 0. The lowest BCUT2D eigenvalue weighted by Gasteiger charge is -2.13. The number of aryl methyl sites for hydroxylation is 1. The van der Waals surface area contributed by atoms with Crippen molar-refractivity contribution >= 4 is 11.6 Å². The Morgan fingerprint density at radius 2 is 1.73 bits per heavy atom. The summed E-state index contributed by atoms with van der Waals surface area (Å²) in [5.74, 6) is 0.0468. The van der Waals surface area contributed by atoms with Crippen LogP contribution in [0, 0.1) is 0 Å². The van der Waals surface area contributed by atoms with Gasteiger partial charge >= 0.3 is 0 Å². The van der Waals surface area contributed by atoms with Crippen LogP contribution >= 0.6 is 0 Å². The minimum Gasteiger partial charge on any atom is -0.325 e. The van der Waals surface area contributed by atoms with Gasteiger partial charge in [-0.25, -0.2) is 4.68 Å². The highest BCUT2D eigenvalue weighted by Gasteiger charge is 2.19. The topological polar surface area (TPSA) is 46.9 Å². The maximum absolute atomic E-state index is 11.9. The Morgan fingerprint density at radius 3 is 2.59 bits per heavy atom. The molecule has 0 atom stereocenters. The highest BCUT2D eigenvalue weighted by atomic mass is 16.1. The summed E-state index contributed by atoms with van der Waals surface area (Å²) in [4.78, 5) is 11.9. The van der Waals surface area contributed by atoms with Crippen LogP contribution in [-0.4, -0.2) is 15.7 Å². The molecular formula is C18H15N3O. The fraction of sp³-hybridized carbons (Fsp3) is 0.111. The van der Waals surface area contributed by atoms with Crippen LogP contribution in [0.1, 0.15) is 12.0 Å². The van der Waals surface area contributed by atoms with Crippen LogP contribution in [-0.2, 0) is 11.2 Å². The van der Waals surface area contributed by atoms with E-state index in [4.69, 9.17) is 5.10 Å². The zero-order valence-corrected chi connectivity index (χ0v) is 12.0. The monoisotopic (exact) mass is 289 g/mol. The first kappa shape index (κ1) is 12.8. The van der Waals surface area contributed by atoms with Gasteiger partial charge in [-0.1, -0.05) is 36.4 Å². The van der Waals surface area contributed by atoms with Crippen molar-refractivity contribution in [3.05, 3.63) is 66.4 Å². The van der Waals surface area contributed by atoms with E-state index in [9.17, 15) is 4.79 Å². The Balaban J connectivity index is 1.89. The van der Waals surface area contributed by atoms with E-state index >= 15 is 0 Å². The van der Waals surface area contributed by atoms with Crippen molar-refractivity contribution in [2.75, 3.05) is 5.32 Å². The van der Waals surface area contributed by atoms with Crippen molar-refractivity contribution in [1.82, 2.24) is 9.78 Å². The number of fused-ring (bicyclic) bond motifs is 3. The number of nitrogens with one attached hydrogen (secondary N) is 1. The zero-order valence-electron chi connectivity index (χ0n) is 12.0. The van der Waals surface area contributed by atoms with Gasteiger partial charge in [-0.3, -0.25) is 4.79 Å². The minimum absolute atomic E-state index is 0.0468. The highest BCUT2D eigenvalue weighted by molar-refractivity contribution is 5.96. The van der Waals surface area contributed by atoms with Gasteiger partial charge in [0.15, 0.2) is 0 Å². The number of hydrogen-bond acceptors (Lipinski definition) is 2. The average Bonchev–Trinajstić information content (AvgIpc) is 2.96. The number of aromatic nitrogens is 2. The molecule has 0 aliphatic carbocycles. The molecule has 4 rings (SSSR count). The fourth-order valence-corrected chi connectivity index (χ4v) is 2.79. The van der Waals surface area contributed by atoms with E-state index in [-0.39, 0.29) is 5.91 Å². The first-order valence-electron chi connectivity index (χ1n) is 7.34. The zero-order chi connectivity index (χ0) is 14.9. The van der Waals surface area contributed by atoms with E-state index in [0.29, 0.717) is 12.8 Å². The van der Waals surface area contributed by atoms with Crippen molar-refractivity contribution < 1.29 is 4.79 Å². The number of benzene rings is 2. The summed E-state index contributed by atoms with van der Waals surface area (Å²) in [5, 5.41) is 7.72. The van der Waals surface area contributed by atoms with Gasteiger partial charge in [0.2, 0.25) is 5.91 Å². The van der Waals surface area contributed by atoms with Crippen LogP contribution < -0.4 is 5.32 Å². The Morgan fingerprint density at radius 1 is 0.955 bits per heavy atom. The summed E-state index contributed by atoms with van der Waals surface area (Å²) in [6.45, 7) is 0. The summed E-state index contributed by atoms with van der Waals surface area (Å²) >= 11 is 0. The molecule has 4 heteroatoms. The number of nitrogens with zero attached hydrogens (tertiary/aromatic N) is 2. The lowest BCUT2D eigenvalue weighted by Crippen LogP contribution is -2.15. The minimum atomic E-state index is 0.0468. The summed E-state index contributed by atoms with van der Waals surface area (Å²) < 4.78 is 1.89. The van der Waals surface area contributed by atoms with Crippen LogP contribution in [0.25, 0.3) is 16.9 Å². The molecule has 1 aliphatic heterocycles. The molecule has 0 saturated heterocycles. The molecule has 2 heterocycles. The molecule has 1 N–H and O–H groups in total. The quantitative estimate of drug-likeness (QED) is 0.746. The molecule has 0 spiro atoms. The number of rotatable bonds is 1. The molecular weight excluding hydrogens is 274 g/mol. The van der Waals surface area contributed by atoms with E-state index in [1.807, 2.05) is 65.5 Å². The Labute approximate surface area is 128 Å². The molecule has 0 unspecified atom stereocenters. The van der Waals surface area contributed by atoms with Crippen LogP contribution in [0.4, 0.5) is 5.69 Å². The van der Waals surface area contributed by atoms with Gasteiger partial charge in [0, 0.05) is 18.2 Å². The van der Waals surface area contributed by atoms with Gasteiger partial charge in [0.05, 0.1) is 17.1 Å². The molecule has 1 aromatic heterocycles. The van der Waals surface area contributed by atoms with Crippen LogP contribution in [0.2, 0.25) is 0 Å². The van der Waals surface area contributed by atoms with Gasteiger partial charge < -0.3 is 5.32 Å². The van der Waals surface area contributed by atoms with Gasteiger partial charge in [-0.15, -0.1) is 0 Å². The van der Waals surface area contributed by atoms with E-state index in [2.05, 4.69) is 5.32 Å². The molecule has 1 amide bonds. The third-order valence-electron chi connectivity index (χ3n) is 3.89. The Hall–Kier alpha value is -2.88. The SMILES string of the molecule is O=C1CCc2cn(-c3ccccc3)nc2-c2ccccc2N1. The summed E-state index contributed by atoms with van der Waals surface area (Å²) in [6, 6.07) is 17.8. The third-order valence-corrected chi connectivity index (χ3v) is 3.89. The predicted octanol–water partition coefficient (Wildman–Crippen LogP) is 3.42. The van der Waals surface area contributed by atoms with E-state index in [1.54, 1.807) is 0 Å². The van der Waals surface area contributed by atoms with Gasteiger partial charge in [0.1, 0.15) is 0 Å². The molecule has 0 bridgehead atoms. The maximum atomic E-state index is 11.9.